The van der Waals surface area contributed by atoms with E-state index in [4.69, 9.17) is 9.47 Å². The summed E-state index contributed by atoms with van der Waals surface area (Å²) in [6.45, 7) is 5.02. The van der Waals surface area contributed by atoms with Crippen LogP contribution in [0.5, 0.6) is 11.5 Å². The fourth-order valence-corrected chi connectivity index (χ4v) is 3.35. The fraction of sp³-hybridized carbons (Fsp3) is 0.471. The van der Waals surface area contributed by atoms with Crippen molar-refractivity contribution in [1.82, 2.24) is 10.6 Å². The molecule has 0 spiro atoms. The summed E-state index contributed by atoms with van der Waals surface area (Å²) in [5.41, 5.74) is 4.86. The predicted octanol–water partition coefficient (Wildman–Crippen LogP) is 1.82. The highest BCUT2D eigenvalue weighted by atomic mass is 16.7. The second kappa shape index (κ2) is 4.93. The van der Waals surface area contributed by atoms with Crippen molar-refractivity contribution < 1.29 is 14.3 Å². The second-order valence-corrected chi connectivity index (χ2v) is 6.37. The number of carbonyl (C=O) groups excluding carboxylic acids is 1. The molecule has 2 heterocycles. The van der Waals surface area contributed by atoms with Gasteiger partial charge in [-0.05, 0) is 36.1 Å². The van der Waals surface area contributed by atoms with Crippen LogP contribution in [-0.4, -0.2) is 25.3 Å². The Hall–Kier alpha value is -2.17. The van der Waals surface area contributed by atoms with Gasteiger partial charge >= 0.3 is 0 Å². The van der Waals surface area contributed by atoms with Crippen molar-refractivity contribution in [3.05, 3.63) is 28.8 Å². The number of nitrogens with one attached hydrogen (secondary N) is 2. The second-order valence-electron chi connectivity index (χ2n) is 6.37. The molecule has 1 amide bonds. The number of hydrogen-bond donors (Lipinski definition) is 2. The number of hydrogen-bond acceptors (Lipinski definition) is 4. The van der Waals surface area contributed by atoms with Crippen LogP contribution in [0.1, 0.15) is 31.4 Å². The zero-order valence-electron chi connectivity index (χ0n) is 12.9. The fourth-order valence-electron chi connectivity index (χ4n) is 3.35. The average Bonchev–Trinajstić information content (AvgIpc) is 3.08. The molecule has 0 fully saturated rings. The van der Waals surface area contributed by atoms with Crippen LogP contribution >= 0.6 is 0 Å². The third-order valence-corrected chi connectivity index (χ3v) is 4.57. The summed E-state index contributed by atoms with van der Waals surface area (Å²) < 4.78 is 11.0. The van der Waals surface area contributed by atoms with Gasteiger partial charge in [0.2, 0.25) is 12.7 Å². The van der Waals surface area contributed by atoms with E-state index in [9.17, 15) is 4.79 Å². The van der Waals surface area contributed by atoms with Crippen molar-refractivity contribution in [3.63, 3.8) is 0 Å². The molecule has 1 unspecified atom stereocenters. The first-order valence-corrected chi connectivity index (χ1v) is 7.83. The molecule has 1 aromatic rings. The lowest BCUT2D eigenvalue weighted by Gasteiger charge is -2.28. The lowest BCUT2D eigenvalue weighted by Crippen LogP contribution is -2.43. The summed E-state index contributed by atoms with van der Waals surface area (Å²) in [7, 11) is 0. The maximum Gasteiger partial charge on any atom is 0.231 e. The van der Waals surface area contributed by atoms with Crippen molar-refractivity contribution in [2.75, 3.05) is 13.3 Å². The molecule has 0 bridgehead atoms. The van der Waals surface area contributed by atoms with Crippen molar-refractivity contribution >= 4 is 11.6 Å². The quantitative estimate of drug-likeness (QED) is 0.874. The summed E-state index contributed by atoms with van der Waals surface area (Å²) >= 11 is 0. The highest BCUT2D eigenvalue weighted by Crippen LogP contribution is 2.43. The minimum Gasteiger partial charge on any atom is -0.454 e. The smallest absolute Gasteiger partial charge is 0.231 e. The Morgan fingerprint density at radius 1 is 1.32 bits per heavy atom. The third kappa shape index (κ3) is 2.03. The maximum atomic E-state index is 12.0. The third-order valence-electron chi connectivity index (χ3n) is 4.57. The predicted molar refractivity (Wildman–Crippen MR) is 82.6 cm³/mol. The molecule has 0 radical (unpaired) electrons. The van der Waals surface area contributed by atoms with E-state index < -0.39 is 0 Å². The van der Waals surface area contributed by atoms with Crippen molar-refractivity contribution in [3.8, 4) is 11.5 Å². The summed E-state index contributed by atoms with van der Waals surface area (Å²) in [5.74, 6) is 1.75. The van der Waals surface area contributed by atoms with E-state index in [0.29, 0.717) is 6.79 Å². The molecule has 1 atom stereocenters. The van der Waals surface area contributed by atoms with Gasteiger partial charge in [0.1, 0.15) is 0 Å². The zero-order valence-corrected chi connectivity index (χ0v) is 12.9. The van der Waals surface area contributed by atoms with Gasteiger partial charge in [-0.25, -0.2) is 0 Å². The average molecular weight is 300 g/mol. The molecule has 5 nitrogen and oxygen atoms in total. The van der Waals surface area contributed by atoms with Crippen LogP contribution in [0.25, 0.3) is 5.70 Å². The highest BCUT2D eigenvalue weighted by molar-refractivity contribution is 5.82. The normalized spacial score (nSPS) is 21.5. The minimum atomic E-state index is 0.00770. The molecule has 2 aliphatic heterocycles. The van der Waals surface area contributed by atoms with Crippen molar-refractivity contribution in [1.29, 1.82) is 0 Å². The van der Waals surface area contributed by atoms with Crippen LogP contribution in [0, 0.1) is 5.92 Å². The molecule has 0 saturated heterocycles. The molecule has 116 valence electrons. The monoisotopic (exact) mass is 300 g/mol. The summed E-state index contributed by atoms with van der Waals surface area (Å²) in [4.78, 5) is 12.0. The van der Waals surface area contributed by atoms with E-state index in [1.807, 2.05) is 13.8 Å². The Morgan fingerprint density at radius 3 is 2.86 bits per heavy atom. The molecule has 3 aliphatic rings. The number of fused-ring (bicyclic) bond motifs is 3. The minimum absolute atomic E-state index is 0.00770. The molecule has 1 aromatic carbocycles. The maximum absolute atomic E-state index is 12.0. The number of rotatable bonds is 2. The van der Waals surface area contributed by atoms with Gasteiger partial charge in [-0.2, -0.15) is 0 Å². The molecule has 0 saturated carbocycles. The van der Waals surface area contributed by atoms with Crippen molar-refractivity contribution in [2.45, 2.75) is 32.7 Å². The van der Waals surface area contributed by atoms with Crippen LogP contribution in [-0.2, 0) is 11.2 Å². The number of ether oxygens (including phenoxy) is 2. The van der Waals surface area contributed by atoms with Crippen LogP contribution in [0.4, 0.5) is 0 Å². The van der Waals surface area contributed by atoms with E-state index in [0.717, 1.165) is 36.6 Å². The van der Waals surface area contributed by atoms with E-state index in [1.165, 1.54) is 16.7 Å². The van der Waals surface area contributed by atoms with Crippen LogP contribution in [0.3, 0.4) is 0 Å². The van der Waals surface area contributed by atoms with Crippen LogP contribution in [0.2, 0.25) is 0 Å². The molecular weight excluding hydrogens is 280 g/mol. The van der Waals surface area contributed by atoms with Gasteiger partial charge in [-0.3, -0.25) is 4.79 Å². The van der Waals surface area contributed by atoms with E-state index in [1.54, 1.807) is 0 Å². The van der Waals surface area contributed by atoms with Gasteiger partial charge in [-0.15, -0.1) is 0 Å². The van der Waals surface area contributed by atoms with Crippen LogP contribution in [0.15, 0.2) is 17.7 Å². The zero-order chi connectivity index (χ0) is 15.3. The Bertz CT molecular complexity index is 679. The standard InChI is InChI=1S/C17H20N2O3/c1-9(2)17(20)19-13-3-4-18-16-11-7-15-14(21-8-22-15)6-10(11)5-12(13)16/h6-7,9,13,18H,3-5,8H2,1-2H3,(H,19,20). The Labute approximate surface area is 129 Å². The first-order chi connectivity index (χ1) is 10.6. The van der Waals surface area contributed by atoms with Gasteiger partial charge in [-0.1, -0.05) is 13.8 Å². The molecule has 4 rings (SSSR count). The summed E-state index contributed by atoms with van der Waals surface area (Å²) in [5, 5.41) is 6.68. The molecule has 5 heteroatoms. The first-order valence-electron chi connectivity index (χ1n) is 7.83. The van der Waals surface area contributed by atoms with E-state index in [-0.39, 0.29) is 17.9 Å². The lowest BCUT2D eigenvalue weighted by molar-refractivity contribution is -0.124. The van der Waals surface area contributed by atoms with Gasteiger partial charge in [0.05, 0.1) is 6.04 Å². The molecule has 1 aliphatic carbocycles. The van der Waals surface area contributed by atoms with E-state index >= 15 is 0 Å². The number of amides is 1. The molecular formula is C17H20N2O3. The Morgan fingerprint density at radius 2 is 2.09 bits per heavy atom. The van der Waals surface area contributed by atoms with Gasteiger partial charge in [0.15, 0.2) is 11.5 Å². The topological polar surface area (TPSA) is 59.6 Å². The molecule has 22 heavy (non-hydrogen) atoms. The molecule has 2 N–H and O–H groups in total. The van der Waals surface area contributed by atoms with Gasteiger partial charge in [0.25, 0.3) is 0 Å². The molecule has 0 aromatic heterocycles. The summed E-state index contributed by atoms with van der Waals surface area (Å²) in [6, 6.07) is 4.24. The van der Waals surface area contributed by atoms with Gasteiger partial charge < -0.3 is 20.1 Å². The SMILES string of the molecule is CC(C)C(=O)NC1CCNC2=C1Cc1cc3c(cc12)OCO3. The summed E-state index contributed by atoms with van der Waals surface area (Å²) in [6.07, 6.45) is 1.79. The highest BCUT2D eigenvalue weighted by Gasteiger charge is 2.33. The Balaban J connectivity index is 1.66. The van der Waals surface area contributed by atoms with E-state index in [2.05, 4.69) is 22.8 Å². The Kier molecular flexibility index (Phi) is 3.03. The largest absolute Gasteiger partial charge is 0.454 e. The van der Waals surface area contributed by atoms with Crippen molar-refractivity contribution in [2.24, 2.45) is 5.92 Å². The number of carbonyl (C=O) groups is 1. The number of benzene rings is 1. The van der Waals surface area contributed by atoms with Crippen LogP contribution < -0.4 is 20.1 Å². The van der Waals surface area contributed by atoms with Gasteiger partial charge in [0, 0.05) is 23.7 Å². The lowest BCUT2D eigenvalue weighted by atomic mass is 9.97. The first kappa shape index (κ1) is 13.5.